The molecule has 5 heteroatoms. The molecule has 0 fully saturated rings. The van der Waals surface area contributed by atoms with Crippen LogP contribution in [0.4, 0.5) is 17.1 Å². The Bertz CT molecular complexity index is 2790. The summed E-state index contributed by atoms with van der Waals surface area (Å²) >= 11 is 3.87. The van der Waals surface area contributed by atoms with Crippen molar-refractivity contribution in [3.63, 3.8) is 0 Å². The molecule has 0 unspecified atom stereocenters. The predicted octanol–water partition coefficient (Wildman–Crippen LogP) is 11.6. The van der Waals surface area contributed by atoms with Crippen LogP contribution in [0.1, 0.15) is 52.7 Å². The van der Waals surface area contributed by atoms with Crippen molar-refractivity contribution in [1.29, 1.82) is 0 Å². The van der Waals surface area contributed by atoms with Gasteiger partial charge in [-0.3, -0.25) is 0 Å². The number of fused-ring (bicyclic) bond motifs is 13. The van der Waals surface area contributed by atoms with Gasteiger partial charge in [0.05, 0.1) is 21.8 Å². The van der Waals surface area contributed by atoms with E-state index in [2.05, 4.69) is 154 Å². The number of nitrogens with zero attached hydrogens (tertiary/aromatic N) is 2. The molecule has 5 heterocycles. The highest BCUT2D eigenvalue weighted by Gasteiger charge is 2.46. The van der Waals surface area contributed by atoms with E-state index in [-0.39, 0.29) is 17.7 Å². The maximum atomic E-state index is 2.72. The average molecular weight is 667 g/mol. The second-order valence-corrected chi connectivity index (χ2v) is 18.3. The van der Waals surface area contributed by atoms with Gasteiger partial charge >= 0.3 is 6.85 Å². The largest absolute Gasteiger partial charge is 0.375 e. The van der Waals surface area contributed by atoms with E-state index in [0.717, 1.165) is 0 Å². The molecule has 6 aromatic carbocycles. The molecule has 11 rings (SSSR count). The van der Waals surface area contributed by atoms with Gasteiger partial charge in [0.15, 0.2) is 0 Å². The molecular formula is C44H35BN2S2. The fourth-order valence-electron chi connectivity index (χ4n) is 8.84. The number of hydrogen-bond acceptors (Lipinski definition) is 3. The van der Waals surface area contributed by atoms with Gasteiger partial charge < -0.3 is 9.38 Å². The highest BCUT2D eigenvalue weighted by Crippen LogP contribution is 2.57. The molecule has 0 amide bonds. The molecule has 3 aliphatic rings. The fraction of sp³-hybridized carbons (Fsp3) is 0.182. The molecule has 0 saturated carbocycles. The fourth-order valence-corrected chi connectivity index (χ4v) is 11.2. The summed E-state index contributed by atoms with van der Waals surface area (Å²) in [5.41, 5.74) is 15.1. The van der Waals surface area contributed by atoms with Crippen LogP contribution in [-0.2, 0) is 10.8 Å². The maximum absolute atomic E-state index is 2.72. The summed E-state index contributed by atoms with van der Waals surface area (Å²) in [7, 11) is 0. The van der Waals surface area contributed by atoms with Crippen molar-refractivity contribution >= 4 is 99.9 Å². The molecule has 0 spiro atoms. The van der Waals surface area contributed by atoms with E-state index >= 15 is 0 Å². The molecule has 0 N–H and O–H groups in total. The number of anilines is 3. The van der Waals surface area contributed by atoms with Gasteiger partial charge in [0.25, 0.3) is 0 Å². The van der Waals surface area contributed by atoms with Gasteiger partial charge in [0.1, 0.15) is 0 Å². The second kappa shape index (κ2) is 9.21. The Balaban J connectivity index is 1.39. The number of para-hydroxylation sites is 2. The van der Waals surface area contributed by atoms with Crippen LogP contribution in [-0.4, -0.2) is 11.3 Å². The lowest BCUT2D eigenvalue weighted by molar-refractivity contribution is 0.590. The van der Waals surface area contributed by atoms with Gasteiger partial charge in [-0.05, 0) is 93.0 Å². The maximum Gasteiger partial charge on any atom is 0.333 e. The van der Waals surface area contributed by atoms with E-state index in [1.165, 1.54) is 102 Å². The zero-order chi connectivity index (χ0) is 33.1. The Morgan fingerprint density at radius 3 is 2.18 bits per heavy atom. The Labute approximate surface area is 295 Å². The molecule has 2 nitrogen and oxygen atoms in total. The minimum Gasteiger partial charge on any atom is -0.375 e. The number of hydrogen-bond donors (Lipinski definition) is 0. The molecule has 0 atom stereocenters. The van der Waals surface area contributed by atoms with E-state index in [0.29, 0.717) is 0 Å². The molecule has 0 radical (unpaired) electrons. The van der Waals surface area contributed by atoms with Gasteiger partial charge in [0.2, 0.25) is 0 Å². The Morgan fingerprint density at radius 1 is 0.592 bits per heavy atom. The Morgan fingerprint density at radius 2 is 1.35 bits per heavy atom. The quantitative estimate of drug-likeness (QED) is 0.149. The van der Waals surface area contributed by atoms with Gasteiger partial charge in [-0.25, -0.2) is 0 Å². The van der Waals surface area contributed by atoms with Crippen LogP contribution >= 0.6 is 23.1 Å². The van der Waals surface area contributed by atoms with Crippen LogP contribution in [0.25, 0.3) is 53.1 Å². The number of rotatable bonds is 0. The number of thiophene rings is 1. The van der Waals surface area contributed by atoms with E-state index < -0.39 is 0 Å². The highest BCUT2D eigenvalue weighted by atomic mass is 32.2. The van der Waals surface area contributed by atoms with Crippen molar-refractivity contribution in [1.82, 2.24) is 4.48 Å². The molecule has 8 aromatic rings. The lowest BCUT2D eigenvalue weighted by Crippen LogP contribution is -2.57. The van der Waals surface area contributed by atoms with Crippen LogP contribution in [0, 0.1) is 0 Å². The molecule has 2 aromatic heterocycles. The molecule has 3 aliphatic heterocycles. The summed E-state index contributed by atoms with van der Waals surface area (Å²) in [6.07, 6.45) is 0. The first-order valence-corrected chi connectivity index (χ1v) is 19.0. The number of benzene rings is 6. The first-order valence-electron chi connectivity index (χ1n) is 17.4. The molecule has 0 saturated heterocycles. The first-order chi connectivity index (χ1) is 23.6. The van der Waals surface area contributed by atoms with Crippen LogP contribution in [0.2, 0.25) is 0 Å². The normalized spacial score (nSPS) is 14.6. The minimum absolute atomic E-state index is 0.00136. The first kappa shape index (κ1) is 28.4. The van der Waals surface area contributed by atoms with E-state index in [9.17, 15) is 0 Å². The van der Waals surface area contributed by atoms with E-state index in [1.807, 2.05) is 23.1 Å². The van der Waals surface area contributed by atoms with Crippen LogP contribution in [0.15, 0.2) is 113 Å². The molecular weight excluding hydrogens is 631 g/mol. The van der Waals surface area contributed by atoms with Crippen molar-refractivity contribution in [2.24, 2.45) is 0 Å². The zero-order valence-electron chi connectivity index (χ0n) is 28.6. The van der Waals surface area contributed by atoms with Crippen molar-refractivity contribution in [3.05, 3.63) is 114 Å². The SMILES string of the molecule is CC(C)(C)c1ccc2c(c1)c1cc(C(C)(C)C)cc3c1n2B1c2cccc4c2N(c2ccccc2S4)c2c1c-3cc1c2sc2ccccc21. The minimum atomic E-state index is 0.00136. The summed E-state index contributed by atoms with van der Waals surface area (Å²) < 4.78 is 5.45. The van der Waals surface area contributed by atoms with Gasteiger partial charge in [-0.1, -0.05) is 102 Å². The monoisotopic (exact) mass is 666 g/mol. The third-order valence-electron chi connectivity index (χ3n) is 11.2. The predicted molar refractivity (Wildman–Crippen MR) is 214 cm³/mol. The third-order valence-corrected chi connectivity index (χ3v) is 13.5. The molecule has 49 heavy (non-hydrogen) atoms. The Kier molecular flexibility index (Phi) is 5.34. The topological polar surface area (TPSA) is 8.17 Å². The van der Waals surface area contributed by atoms with E-state index in [1.54, 1.807) is 0 Å². The lowest BCUT2D eigenvalue weighted by Gasteiger charge is -2.43. The van der Waals surface area contributed by atoms with Gasteiger partial charge in [-0.2, -0.15) is 0 Å². The van der Waals surface area contributed by atoms with Crippen LogP contribution in [0.5, 0.6) is 0 Å². The molecule has 236 valence electrons. The van der Waals surface area contributed by atoms with Crippen molar-refractivity contribution in [3.8, 4) is 11.1 Å². The second-order valence-electron chi connectivity index (χ2n) is 16.2. The van der Waals surface area contributed by atoms with Gasteiger partial charge in [0, 0.05) is 52.6 Å². The molecule has 0 bridgehead atoms. The lowest BCUT2D eigenvalue weighted by atomic mass is 9.45. The smallest absolute Gasteiger partial charge is 0.333 e. The van der Waals surface area contributed by atoms with Crippen molar-refractivity contribution in [2.45, 2.75) is 62.2 Å². The standard InChI is InChI=1S/C44H35BN2S2/c1-43(2,3)24-18-19-33-27(20-24)29-21-25(44(4,5)6)22-30-28-23-31-26-12-7-9-15-35(26)49-42(31)41-38(28)45(47(33)39(29)30)32-13-11-17-37-40(32)46(41)34-14-8-10-16-36(34)48-37/h7-23H,1-6H3. The van der Waals surface area contributed by atoms with E-state index in [4.69, 9.17) is 0 Å². The van der Waals surface area contributed by atoms with Crippen molar-refractivity contribution in [2.75, 3.05) is 4.90 Å². The number of aromatic nitrogens is 1. The summed E-state index contributed by atoms with van der Waals surface area (Å²) in [5, 5.41) is 5.45. The summed E-state index contributed by atoms with van der Waals surface area (Å²) in [4.78, 5) is 5.29. The average Bonchev–Trinajstić information content (AvgIpc) is 3.62. The van der Waals surface area contributed by atoms with Crippen molar-refractivity contribution < 1.29 is 0 Å². The third kappa shape index (κ3) is 3.60. The summed E-state index contributed by atoms with van der Waals surface area (Å²) in [6.45, 7) is 14.1. The summed E-state index contributed by atoms with van der Waals surface area (Å²) in [6, 6.07) is 39.9. The van der Waals surface area contributed by atoms with Crippen LogP contribution in [0.3, 0.4) is 0 Å². The Hall–Kier alpha value is -4.45. The van der Waals surface area contributed by atoms with Crippen LogP contribution < -0.4 is 15.8 Å². The molecule has 0 aliphatic carbocycles. The zero-order valence-corrected chi connectivity index (χ0v) is 30.2. The summed E-state index contributed by atoms with van der Waals surface area (Å²) in [5.74, 6) is 0. The van der Waals surface area contributed by atoms with Gasteiger partial charge in [-0.15, -0.1) is 11.3 Å². The highest BCUT2D eigenvalue weighted by molar-refractivity contribution is 7.99.